The number of thioether (sulfide) groups is 1. The first-order chi connectivity index (χ1) is 9.83. The van der Waals surface area contributed by atoms with Gasteiger partial charge in [0.2, 0.25) is 0 Å². The molecule has 8 heteroatoms. The van der Waals surface area contributed by atoms with Gasteiger partial charge in [-0.3, -0.25) is 0 Å². The van der Waals surface area contributed by atoms with E-state index in [4.69, 9.17) is 0 Å². The fourth-order valence-electron chi connectivity index (χ4n) is 1.79. The van der Waals surface area contributed by atoms with Crippen LogP contribution in [0, 0.1) is 6.92 Å². The summed E-state index contributed by atoms with van der Waals surface area (Å²) in [7, 11) is 0. The minimum atomic E-state index is 0.629. The van der Waals surface area contributed by atoms with Crippen molar-refractivity contribution in [2.75, 3.05) is 17.6 Å². The van der Waals surface area contributed by atoms with Crippen LogP contribution in [-0.4, -0.2) is 36.9 Å². The SMILES string of the molecule is Cc1cc(NCCCSc2nccs2)n2ncnc2n1. The van der Waals surface area contributed by atoms with Crippen molar-refractivity contribution in [3.8, 4) is 0 Å². The van der Waals surface area contributed by atoms with Gasteiger partial charge >= 0.3 is 0 Å². The maximum absolute atomic E-state index is 4.31. The van der Waals surface area contributed by atoms with E-state index in [0.717, 1.165) is 34.6 Å². The van der Waals surface area contributed by atoms with Gasteiger partial charge in [0.05, 0.1) is 0 Å². The highest BCUT2D eigenvalue weighted by molar-refractivity contribution is 8.00. The third-order valence-corrected chi connectivity index (χ3v) is 4.69. The summed E-state index contributed by atoms with van der Waals surface area (Å²) in [4.78, 5) is 12.7. The van der Waals surface area contributed by atoms with Gasteiger partial charge in [-0.25, -0.2) is 9.97 Å². The summed E-state index contributed by atoms with van der Waals surface area (Å²) in [5, 5.41) is 9.55. The van der Waals surface area contributed by atoms with E-state index in [2.05, 4.69) is 25.4 Å². The molecule has 0 aromatic carbocycles. The molecule has 0 bridgehead atoms. The second kappa shape index (κ2) is 6.19. The Kier molecular flexibility index (Phi) is 4.12. The Bertz CT molecular complexity index is 678. The van der Waals surface area contributed by atoms with Gasteiger partial charge < -0.3 is 5.32 Å². The van der Waals surface area contributed by atoms with Gasteiger partial charge in [0, 0.05) is 35.6 Å². The highest BCUT2D eigenvalue weighted by atomic mass is 32.2. The van der Waals surface area contributed by atoms with Crippen LogP contribution in [0.1, 0.15) is 12.1 Å². The van der Waals surface area contributed by atoms with Crippen molar-refractivity contribution in [1.29, 1.82) is 0 Å². The lowest BCUT2D eigenvalue weighted by Crippen LogP contribution is -2.08. The Morgan fingerprint density at radius 3 is 3.20 bits per heavy atom. The zero-order valence-electron chi connectivity index (χ0n) is 11.0. The molecular formula is C12H14N6S2. The first kappa shape index (κ1) is 13.3. The van der Waals surface area contributed by atoms with Crippen LogP contribution in [0.2, 0.25) is 0 Å². The summed E-state index contributed by atoms with van der Waals surface area (Å²) in [6, 6.07) is 1.98. The maximum Gasteiger partial charge on any atom is 0.254 e. The van der Waals surface area contributed by atoms with Crippen molar-refractivity contribution in [2.45, 2.75) is 17.7 Å². The Balaban J connectivity index is 1.53. The van der Waals surface area contributed by atoms with Crippen molar-refractivity contribution in [3.63, 3.8) is 0 Å². The molecule has 0 unspecified atom stereocenters. The van der Waals surface area contributed by atoms with Crippen molar-refractivity contribution in [2.24, 2.45) is 0 Å². The summed E-state index contributed by atoms with van der Waals surface area (Å²) in [6.45, 7) is 2.84. The molecule has 6 nitrogen and oxygen atoms in total. The molecule has 0 amide bonds. The highest BCUT2D eigenvalue weighted by Gasteiger charge is 2.04. The molecule has 0 aliphatic rings. The lowest BCUT2D eigenvalue weighted by atomic mass is 10.4. The van der Waals surface area contributed by atoms with Crippen LogP contribution in [0.4, 0.5) is 5.82 Å². The molecule has 0 aliphatic carbocycles. The number of hydrogen-bond donors (Lipinski definition) is 1. The second-order valence-corrected chi connectivity index (χ2v) is 6.42. The topological polar surface area (TPSA) is 68.0 Å². The first-order valence-electron chi connectivity index (χ1n) is 6.26. The lowest BCUT2D eigenvalue weighted by molar-refractivity contribution is 0.899. The number of aromatic nitrogens is 5. The Hall–Kier alpha value is -1.67. The van der Waals surface area contributed by atoms with Crippen LogP contribution in [0.5, 0.6) is 0 Å². The summed E-state index contributed by atoms with van der Waals surface area (Å²) >= 11 is 3.47. The largest absolute Gasteiger partial charge is 0.370 e. The zero-order chi connectivity index (χ0) is 13.8. The minimum absolute atomic E-state index is 0.629. The van der Waals surface area contributed by atoms with Crippen LogP contribution in [0.15, 0.2) is 28.3 Å². The number of nitrogens with one attached hydrogen (secondary N) is 1. The third kappa shape index (κ3) is 3.07. The van der Waals surface area contributed by atoms with Gasteiger partial charge in [-0.05, 0) is 13.3 Å². The van der Waals surface area contributed by atoms with Crippen molar-refractivity contribution < 1.29 is 0 Å². The molecule has 0 radical (unpaired) electrons. The Morgan fingerprint density at radius 1 is 1.40 bits per heavy atom. The smallest absolute Gasteiger partial charge is 0.254 e. The van der Waals surface area contributed by atoms with Crippen molar-refractivity contribution >= 4 is 34.7 Å². The number of fused-ring (bicyclic) bond motifs is 1. The van der Waals surface area contributed by atoms with E-state index in [1.165, 1.54) is 6.33 Å². The molecule has 0 saturated carbocycles. The van der Waals surface area contributed by atoms with Crippen LogP contribution in [-0.2, 0) is 0 Å². The zero-order valence-corrected chi connectivity index (χ0v) is 12.6. The normalized spacial score (nSPS) is 11.1. The second-order valence-electron chi connectivity index (χ2n) is 4.18. The van der Waals surface area contributed by atoms with Gasteiger partial charge in [0.25, 0.3) is 5.78 Å². The average molecular weight is 306 g/mol. The van der Waals surface area contributed by atoms with E-state index in [1.807, 2.05) is 24.6 Å². The minimum Gasteiger partial charge on any atom is -0.370 e. The predicted molar refractivity (Wildman–Crippen MR) is 81.5 cm³/mol. The molecule has 3 aromatic rings. The van der Waals surface area contributed by atoms with Crippen molar-refractivity contribution in [1.82, 2.24) is 24.6 Å². The highest BCUT2D eigenvalue weighted by Crippen LogP contribution is 2.20. The molecule has 104 valence electrons. The molecule has 3 rings (SSSR count). The van der Waals surface area contributed by atoms with E-state index in [-0.39, 0.29) is 0 Å². The molecule has 1 N–H and O–H groups in total. The maximum atomic E-state index is 4.31. The summed E-state index contributed by atoms with van der Waals surface area (Å²) in [5.74, 6) is 2.61. The Morgan fingerprint density at radius 2 is 2.35 bits per heavy atom. The third-order valence-electron chi connectivity index (χ3n) is 2.64. The van der Waals surface area contributed by atoms with Crippen molar-refractivity contribution in [3.05, 3.63) is 29.7 Å². The molecule has 0 fully saturated rings. The number of nitrogens with zero attached hydrogens (tertiary/aromatic N) is 5. The molecule has 3 heterocycles. The molecular weight excluding hydrogens is 292 g/mol. The quantitative estimate of drug-likeness (QED) is 0.557. The van der Waals surface area contributed by atoms with E-state index in [0.29, 0.717) is 5.78 Å². The molecule has 20 heavy (non-hydrogen) atoms. The number of hydrogen-bond acceptors (Lipinski definition) is 7. The fraction of sp³-hybridized carbons (Fsp3) is 0.333. The monoisotopic (exact) mass is 306 g/mol. The molecule has 0 atom stereocenters. The average Bonchev–Trinajstić information content (AvgIpc) is 3.08. The lowest BCUT2D eigenvalue weighted by Gasteiger charge is -2.08. The van der Waals surface area contributed by atoms with Gasteiger partial charge in [0.15, 0.2) is 0 Å². The van der Waals surface area contributed by atoms with Gasteiger partial charge in [-0.2, -0.15) is 14.6 Å². The van der Waals surface area contributed by atoms with E-state index in [9.17, 15) is 0 Å². The van der Waals surface area contributed by atoms with E-state index >= 15 is 0 Å². The van der Waals surface area contributed by atoms with E-state index < -0.39 is 0 Å². The number of rotatable bonds is 6. The van der Waals surface area contributed by atoms with Crippen LogP contribution < -0.4 is 5.32 Å². The number of aryl methyl sites for hydroxylation is 1. The van der Waals surface area contributed by atoms with Crippen LogP contribution in [0.25, 0.3) is 5.78 Å². The predicted octanol–water partition coefficient (Wildman–Crippen LogP) is 2.48. The fourth-order valence-corrected chi connectivity index (χ4v) is 3.43. The summed E-state index contributed by atoms with van der Waals surface area (Å²) < 4.78 is 2.85. The standard InChI is InChI=1S/C12H14N6S2/c1-9-7-10(18-11(17-9)15-8-16-18)13-3-2-5-19-12-14-4-6-20-12/h4,6-8,13H,2-3,5H2,1H3. The van der Waals surface area contributed by atoms with E-state index in [1.54, 1.807) is 27.6 Å². The number of thiazole rings is 1. The molecule has 0 spiro atoms. The summed E-state index contributed by atoms with van der Waals surface area (Å²) in [5.41, 5.74) is 0.935. The molecule has 0 saturated heterocycles. The van der Waals surface area contributed by atoms with Crippen LogP contribution >= 0.6 is 23.1 Å². The van der Waals surface area contributed by atoms with Gasteiger partial charge in [-0.1, -0.05) is 11.8 Å². The van der Waals surface area contributed by atoms with Gasteiger partial charge in [0.1, 0.15) is 16.5 Å². The summed E-state index contributed by atoms with van der Waals surface area (Å²) in [6.07, 6.45) is 4.42. The number of anilines is 1. The Labute approximate surface area is 124 Å². The first-order valence-corrected chi connectivity index (χ1v) is 8.13. The van der Waals surface area contributed by atoms with Gasteiger partial charge in [-0.15, -0.1) is 11.3 Å². The molecule has 0 aliphatic heterocycles. The molecule has 3 aromatic heterocycles. The van der Waals surface area contributed by atoms with Crippen LogP contribution in [0.3, 0.4) is 0 Å².